The van der Waals surface area contributed by atoms with E-state index in [9.17, 15) is 0 Å². The predicted molar refractivity (Wildman–Crippen MR) is 96.4 cm³/mol. The van der Waals surface area contributed by atoms with Crippen molar-refractivity contribution in [2.75, 3.05) is 32.8 Å². The number of benzene rings is 1. The topological polar surface area (TPSA) is 41.1 Å². The number of aromatic nitrogens is 2. The lowest BCUT2D eigenvalue weighted by molar-refractivity contribution is 0.151. The summed E-state index contributed by atoms with van der Waals surface area (Å²) in [5, 5.41) is 8.48. The Bertz CT molecular complexity index is 673. The van der Waals surface area contributed by atoms with Crippen LogP contribution in [0, 0.1) is 5.92 Å². The quantitative estimate of drug-likeness (QED) is 0.912. The van der Waals surface area contributed by atoms with E-state index < -0.39 is 0 Å². The summed E-state index contributed by atoms with van der Waals surface area (Å²) in [7, 11) is 0. The number of hydrogen-bond acceptors (Lipinski definition) is 3. The average Bonchev–Trinajstić information content (AvgIpc) is 3.28. The van der Waals surface area contributed by atoms with Crippen molar-refractivity contribution in [3.63, 3.8) is 0 Å². The van der Waals surface area contributed by atoms with Crippen molar-refractivity contribution in [2.24, 2.45) is 5.92 Å². The van der Waals surface area contributed by atoms with Crippen molar-refractivity contribution in [2.45, 2.75) is 25.2 Å². The molecule has 0 spiro atoms. The zero-order chi connectivity index (χ0) is 16.4. The second-order valence-electron chi connectivity index (χ2n) is 6.99. The second-order valence-corrected chi connectivity index (χ2v) is 7.40. The predicted octanol–water partition coefficient (Wildman–Crippen LogP) is 3.95. The molecule has 4 rings (SSSR count). The van der Waals surface area contributed by atoms with E-state index in [1.807, 2.05) is 24.3 Å². The van der Waals surface area contributed by atoms with Gasteiger partial charge in [0.1, 0.15) is 0 Å². The molecule has 2 saturated heterocycles. The van der Waals surface area contributed by atoms with Gasteiger partial charge in [-0.3, -0.25) is 5.10 Å². The molecule has 0 aliphatic carbocycles. The Labute approximate surface area is 148 Å². The number of aromatic amines is 1. The van der Waals surface area contributed by atoms with E-state index >= 15 is 0 Å². The maximum atomic E-state index is 6.28. The van der Waals surface area contributed by atoms with Gasteiger partial charge < -0.3 is 9.64 Å². The summed E-state index contributed by atoms with van der Waals surface area (Å²) in [6.45, 7) is 5.42. The Morgan fingerprint density at radius 3 is 2.79 bits per heavy atom. The van der Waals surface area contributed by atoms with Gasteiger partial charge in [0.15, 0.2) is 0 Å². The van der Waals surface area contributed by atoms with Crippen LogP contribution >= 0.6 is 11.6 Å². The SMILES string of the molecule is Clc1ccccc1-c1cc(C2CCN(C[C@H]3CCOC3)CC2)[nH]n1. The second kappa shape index (κ2) is 7.26. The minimum atomic E-state index is 0.574. The third kappa shape index (κ3) is 3.51. The van der Waals surface area contributed by atoms with Gasteiger partial charge in [0, 0.05) is 30.3 Å². The Balaban J connectivity index is 1.37. The minimum Gasteiger partial charge on any atom is -0.381 e. The van der Waals surface area contributed by atoms with Crippen molar-refractivity contribution in [1.29, 1.82) is 0 Å². The van der Waals surface area contributed by atoms with Gasteiger partial charge in [0.2, 0.25) is 0 Å². The zero-order valence-corrected chi connectivity index (χ0v) is 14.6. The first-order valence-corrected chi connectivity index (χ1v) is 9.27. The monoisotopic (exact) mass is 345 g/mol. The standard InChI is InChI=1S/C19H24ClN3O/c20-17-4-2-1-3-16(17)19-11-18(21-22-19)15-5-8-23(9-6-15)12-14-7-10-24-13-14/h1-4,11,14-15H,5-10,12-13H2,(H,21,22)/t14-/m1/s1. The maximum absolute atomic E-state index is 6.28. The Kier molecular flexibility index (Phi) is 4.88. The van der Waals surface area contributed by atoms with Gasteiger partial charge >= 0.3 is 0 Å². The third-order valence-electron chi connectivity index (χ3n) is 5.32. The molecule has 5 heteroatoms. The van der Waals surface area contributed by atoms with Crippen LogP contribution in [0.25, 0.3) is 11.3 Å². The number of likely N-dealkylation sites (tertiary alicyclic amines) is 1. The van der Waals surface area contributed by atoms with E-state index in [1.54, 1.807) is 0 Å². The van der Waals surface area contributed by atoms with Crippen LogP contribution in [0.2, 0.25) is 5.02 Å². The molecule has 2 fully saturated rings. The largest absolute Gasteiger partial charge is 0.381 e. The summed E-state index contributed by atoms with van der Waals surface area (Å²) in [5.41, 5.74) is 3.19. The average molecular weight is 346 g/mol. The lowest BCUT2D eigenvalue weighted by Crippen LogP contribution is -2.36. The van der Waals surface area contributed by atoms with Crippen molar-refractivity contribution >= 4 is 11.6 Å². The molecule has 2 aliphatic rings. The Hall–Kier alpha value is -1.36. The van der Waals surface area contributed by atoms with E-state index in [-0.39, 0.29) is 0 Å². The normalized spacial score (nSPS) is 23.0. The maximum Gasteiger partial charge on any atom is 0.0938 e. The van der Waals surface area contributed by atoms with Crippen LogP contribution in [-0.2, 0) is 4.74 Å². The molecule has 0 bridgehead atoms. The number of ether oxygens (including phenoxy) is 1. The van der Waals surface area contributed by atoms with Gasteiger partial charge in [-0.05, 0) is 50.4 Å². The molecule has 1 N–H and O–H groups in total. The van der Waals surface area contributed by atoms with E-state index in [1.165, 1.54) is 44.6 Å². The summed E-state index contributed by atoms with van der Waals surface area (Å²) in [6, 6.07) is 10.1. The van der Waals surface area contributed by atoms with Gasteiger partial charge in [-0.25, -0.2) is 0 Å². The molecule has 1 aromatic heterocycles. The zero-order valence-electron chi connectivity index (χ0n) is 13.9. The highest BCUT2D eigenvalue weighted by molar-refractivity contribution is 6.33. The number of halogens is 1. The molecule has 1 atom stereocenters. The molecular weight excluding hydrogens is 322 g/mol. The lowest BCUT2D eigenvalue weighted by atomic mass is 9.92. The van der Waals surface area contributed by atoms with Crippen molar-refractivity contribution < 1.29 is 4.74 Å². The van der Waals surface area contributed by atoms with Crippen molar-refractivity contribution in [3.05, 3.63) is 41.0 Å². The number of rotatable bonds is 4. The molecule has 24 heavy (non-hydrogen) atoms. The molecule has 1 aromatic carbocycles. The highest BCUT2D eigenvalue weighted by Gasteiger charge is 2.25. The molecule has 4 nitrogen and oxygen atoms in total. The van der Waals surface area contributed by atoms with Gasteiger partial charge in [-0.1, -0.05) is 29.8 Å². The molecule has 0 saturated carbocycles. The van der Waals surface area contributed by atoms with Crippen LogP contribution in [0.15, 0.2) is 30.3 Å². The smallest absolute Gasteiger partial charge is 0.0938 e. The fourth-order valence-corrected chi connectivity index (χ4v) is 4.10. The van der Waals surface area contributed by atoms with Crippen LogP contribution in [0.5, 0.6) is 0 Å². The van der Waals surface area contributed by atoms with Crippen LogP contribution in [0.4, 0.5) is 0 Å². The highest BCUT2D eigenvalue weighted by Crippen LogP contribution is 2.32. The molecule has 0 amide bonds. The molecule has 2 aromatic rings. The van der Waals surface area contributed by atoms with E-state index in [2.05, 4.69) is 21.2 Å². The molecular formula is C19H24ClN3O. The minimum absolute atomic E-state index is 0.574. The molecule has 3 heterocycles. The Morgan fingerprint density at radius 1 is 1.21 bits per heavy atom. The lowest BCUT2D eigenvalue weighted by Gasteiger charge is -2.32. The van der Waals surface area contributed by atoms with Gasteiger partial charge in [0.05, 0.1) is 17.3 Å². The Morgan fingerprint density at radius 2 is 2.04 bits per heavy atom. The number of piperidine rings is 1. The summed E-state index contributed by atoms with van der Waals surface area (Å²) in [4.78, 5) is 2.60. The molecule has 0 unspecified atom stereocenters. The summed E-state index contributed by atoms with van der Waals surface area (Å²) in [5.74, 6) is 1.31. The summed E-state index contributed by atoms with van der Waals surface area (Å²) >= 11 is 6.28. The van der Waals surface area contributed by atoms with Gasteiger partial charge in [-0.15, -0.1) is 0 Å². The van der Waals surface area contributed by atoms with Gasteiger partial charge in [-0.2, -0.15) is 5.10 Å². The van der Waals surface area contributed by atoms with Crippen LogP contribution < -0.4 is 0 Å². The summed E-state index contributed by atoms with van der Waals surface area (Å²) < 4.78 is 5.49. The molecule has 2 aliphatic heterocycles. The van der Waals surface area contributed by atoms with Crippen molar-refractivity contribution in [1.82, 2.24) is 15.1 Å². The third-order valence-corrected chi connectivity index (χ3v) is 5.64. The highest BCUT2D eigenvalue weighted by atomic mass is 35.5. The fraction of sp³-hybridized carbons (Fsp3) is 0.526. The molecule has 0 radical (unpaired) electrons. The first-order valence-electron chi connectivity index (χ1n) is 8.90. The van der Waals surface area contributed by atoms with Crippen LogP contribution in [0.1, 0.15) is 30.9 Å². The first kappa shape index (κ1) is 16.1. The molecule has 128 valence electrons. The number of nitrogens with zero attached hydrogens (tertiary/aromatic N) is 2. The number of H-pyrrole nitrogens is 1. The van der Waals surface area contributed by atoms with Crippen LogP contribution in [0.3, 0.4) is 0 Å². The fourth-order valence-electron chi connectivity index (χ4n) is 3.87. The first-order chi connectivity index (χ1) is 11.8. The van der Waals surface area contributed by atoms with Crippen molar-refractivity contribution in [3.8, 4) is 11.3 Å². The van der Waals surface area contributed by atoms with E-state index in [0.29, 0.717) is 5.92 Å². The van der Waals surface area contributed by atoms with Gasteiger partial charge in [0.25, 0.3) is 0 Å². The number of hydrogen-bond donors (Lipinski definition) is 1. The van der Waals surface area contributed by atoms with E-state index in [4.69, 9.17) is 16.3 Å². The van der Waals surface area contributed by atoms with Crippen LogP contribution in [-0.4, -0.2) is 47.9 Å². The summed E-state index contributed by atoms with van der Waals surface area (Å²) in [6.07, 6.45) is 3.61. The van der Waals surface area contributed by atoms with E-state index in [0.717, 1.165) is 35.4 Å². The number of nitrogens with one attached hydrogen (secondary N) is 1.